The maximum absolute atomic E-state index is 11.2. The fourth-order valence-electron chi connectivity index (χ4n) is 3.08. The van der Waals surface area contributed by atoms with Gasteiger partial charge in [-0.3, -0.25) is 4.99 Å². The van der Waals surface area contributed by atoms with Crippen LogP contribution in [0.15, 0.2) is 58.5 Å². The number of aryl methyl sites for hydroxylation is 2. The zero-order chi connectivity index (χ0) is 24.3. The van der Waals surface area contributed by atoms with E-state index in [9.17, 15) is 9.90 Å². The third kappa shape index (κ3) is 9.45. The SMILES string of the molecule is Cc1ccc(CC(N)=NC(CCCc2ccc(OC(C)(C)C(=O)O)cc2)=NCCCO)cc1. The van der Waals surface area contributed by atoms with E-state index in [4.69, 9.17) is 15.6 Å². The summed E-state index contributed by atoms with van der Waals surface area (Å²) in [6.45, 7) is 5.69. The lowest BCUT2D eigenvalue weighted by Crippen LogP contribution is -2.37. The second-order valence-electron chi connectivity index (χ2n) is 8.56. The Labute approximate surface area is 196 Å². The molecule has 33 heavy (non-hydrogen) atoms. The van der Waals surface area contributed by atoms with Gasteiger partial charge in [0, 0.05) is 26.0 Å². The first-order valence-corrected chi connectivity index (χ1v) is 11.2. The van der Waals surface area contributed by atoms with E-state index in [1.807, 2.05) is 31.2 Å². The lowest BCUT2D eigenvalue weighted by atomic mass is 10.1. The first kappa shape index (κ1) is 26.1. The van der Waals surface area contributed by atoms with Gasteiger partial charge in [-0.2, -0.15) is 0 Å². The zero-order valence-electron chi connectivity index (χ0n) is 19.8. The molecule has 2 aromatic rings. The Bertz CT molecular complexity index is 949. The molecule has 0 saturated heterocycles. The monoisotopic (exact) mass is 453 g/mol. The van der Waals surface area contributed by atoms with Crippen molar-refractivity contribution < 1.29 is 19.7 Å². The van der Waals surface area contributed by atoms with Crippen molar-refractivity contribution in [2.45, 2.75) is 58.5 Å². The Morgan fingerprint density at radius 1 is 1.03 bits per heavy atom. The summed E-state index contributed by atoms with van der Waals surface area (Å²) in [5.41, 5.74) is 8.32. The molecular formula is C26H35N3O4. The minimum absolute atomic E-state index is 0.0897. The van der Waals surface area contributed by atoms with Gasteiger partial charge in [-0.15, -0.1) is 0 Å². The van der Waals surface area contributed by atoms with Crippen molar-refractivity contribution in [3.8, 4) is 5.75 Å². The summed E-state index contributed by atoms with van der Waals surface area (Å²) in [6.07, 6.45) is 3.47. The summed E-state index contributed by atoms with van der Waals surface area (Å²) in [4.78, 5) is 20.3. The van der Waals surface area contributed by atoms with Gasteiger partial charge in [-0.05, 0) is 63.3 Å². The van der Waals surface area contributed by atoms with Crippen molar-refractivity contribution in [1.29, 1.82) is 0 Å². The summed E-state index contributed by atoms with van der Waals surface area (Å²) >= 11 is 0. The molecule has 4 N–H and O–H groups in total. The summed E-state index contributed by atoms with van der Waals surface area (Å²) in [7, 11) is 0. The van der Waals surface area contributed by atoms with Crippen LogP contribution in [0.2, 0.25) is 0 Å². The van der Waals surface area contributed by atoms with Crippen LogP contribution in [0, 0.1) is 6.92 Å². The molecule has 0 bridgehead atoms. The molecule has 0 atom stereocenters. The summed E-state index contributed by atoms with van der Waals surface area (Å²) < 4.78 is 5.54. The summed E-state index contributed by atoms with van der Waals surface area (Å²) in [5, 5.41) is 18.2. The van der Waals surface area contributed by atoms with Crippen LogP contribution in [0.1, 0.15) is 49.8 Å². The Balaban J connectivity index is 1.95. The predicted molar refractivity (Wildman–Crippen MR) is 132 cm³/mol. The van der Waals surface area contributed by atoms with Crippen LogP contribution in [0.25, 0.3) is 0 Å². The molecule has 2 aromatic carbocycles. The van der Waals surface area contributed by atoms with E-state index in [1.54, 1.807) is 12.1 Å². The minimum atomic E-state index is -1.28. The molecule has 0 saturated carbocycles. The number of carboxylic acids is 1. The number of aliphatic carboxylic acids is 1. The highest BCUT2D eigenvalue weighted by Gasteiger charge is 2.29. The first-order valence-electron chi connectivity index (χ1n) is 11.2. The van der Waals surface area contributed by atoms with Crippen LogP contribution in [-0.4, -0.2) is 46.6 Å². The molecule has 2 rings (SSSR count). The number of carboxylic acid groups (broad SMARTS) is 1. The normalized spacial score (nSPS) is 12.6. The van der Waals surface area contributed by atoms with E-state index in [2.05, 4.69) is 22.1 Å². The van der Waals surface area contributed by atoms with Gasteiger partial charge in [0.05, 0.1) is 0 Å². The van der Waals surface area contributed by atoms with Gasteiger partial charge >= 0.3 is 5.97 Å². The minimum Gasteiger partial charge on any atom is -0.478 e. The number of aliphatic hydroxyl groups is 1. The lowest BCUT2D eigenvalue weighted by Gasteiger charge is -2.21. The van der Waals surface area contributed by atoms with Crippen LogP contribution < -0.4 is 10.5 Å². The van der Waals surface area contributed by atoms with Crippen LogP contribution in [0.4, 0.5) is 0 Å². The van der Waals surface area contributed by atoms with Crippen LogP contribution >= 0.6 is 0 Å². The van der Waals surface area contributed by atoms with Gasteiger partial charge in [0.2, 0.25) is 0 Å². The Hall–Kier alpha value is -3.19. The highest BCUT2D eigenvalue weighted by Crippen LogP contribution is 2.20. The fraction of sp³-hybridized carbons (Fsp3) is 0.423. The van der Waals surface area contributed by atoms with Crippen molar-refractivity contribution >= 4 is 17.6 Å². The molecule has 0 aliphatic carbocycles. The summed E-state index contributed by atoms with van der Waals surface area (Å²) in [5.74, 6) is 0.716. The van der Waals surface area contributed by atoms with E-state index in [1.165, 1.54) is 19.4 Å². The van der Waals surface area contributed by atoms with Gasteiger partial charge < -0.3 is 20.7 Å². The fourth-order valence-corrected chi connectivity index (χ4v) is 3.08. The average Bonchev–Trinajstić information content (AvgIpc) is 2.76. The molecule has 0 heterocycles. The van der Waals surface area contributed by atoms with Crippen molar-refractivity contribution in [3.63, 3.8) is 0 Å². The number of amidine groups is 2. The Morgan fingerprint density at radius 2 is 1.67 bits per heavy atom. The van der Waals surface area contributed by atoms with Crippen molar-refractivity contribution in [2.24, 2.45) is 15.7 Å². The van der Waals surface area contributed by atoms with Crippen LogP contribution in [0.3, 0.4) is 0 Å². The number of ether oxygens (including phenoxy) is 1. The van der Waals surface area contributed by atoms with Crippen LogP contribution in [0.5, 0.6) is 5.75 Å². The molecular weight excluding hydrogens is 418 g/mol. The van der Waals surface area contributed by atoms with E-state index < -0.39 is 11.6 Å². The van der Waals surface area contributed by atoms with Gasteiger partial charge in [0.25, 0.3) is 0 Å². The second-order valence-corrected chi connectivity index (χ2v) is 8.56. The molecule has 7 heteroatoms. The Kier molecular flexibility index (Phi) is 10.1. The van der Waals surface area contributed by atoms with E-state index in [-0.39, 0.29) is 6.61 Å². The molecule has 178 valence electrons. The van der Waals surface area contributed by atoms with Crippen molar-refractivity contribution in [1.82, 2.24) is 0 Å². The maximum atomic E-state index is 11.2. The van der Waals surface area contributed by atoms with Gasteiger partial charge in [0.15, 0.2) is 5.60 Å². The van der Waals surface area contributed by atoms with E-state index in [0.717, 1.165) is 24.0 Å². The molecule has 0 unspecified atom stereocenters. The molecule has 0 spiro atoms. The summed E-state index contributed by atoms with van der Waals surface area (Å²) in [6, 6.07) is 15.6. The number of nitrogens with zero attached hydrogens (tertiary/aromatic N) is 2. The quantitative estimate of drug-likeness (QED) is 0.256. The number of nitrogens with two attached hydrogens (primary N) is 1. The maximum Gasteiger partial charge on any atom is 0.347 e. The van der Waals surface area contributed by atoms with E-state index >= 15 is 0 Å². The second kappa shape index (κ2) is 12.7. The average molecular weight is 454 g/mol. The van der Waals surface area contributed by atoms with Crippen LogP contribution in [-0.2, 0) is 17.6 Å². The Morgan fingerprint density at radius 3 is 2.27 bits per heavy atom. The molecule has 0 amide bonds. The number of carbonyl (C=O) groups is 1. The molecule has 0 aromatic heterocycles. The lowest BCUT2D eigenvalue weighted by molar-refractivity contribution is -0.152. The zero-order valence-corrected chi connectivity index (χ0v) is 19.8. The number of aliphatic hydroxyl groups excluding tert-OH is 1. The smallest absolute Gasteiger partial charge is 0.347 e. The number of hydrogen-bond acceptors (Lipinski definition) is 4. The van der Waals surface area contributed by atoms with Gasteiger partial charge in [0.1, 0.15) is 17.4 Å². The van der Waals surface area contributed by atoms with Gasteiger partial charge in [-0.25, -0.2) is 9.79 Å². The molecule has 7 nitrogen and oxygen atoms in total. The predicted octanol–water partition coefficient (Wildman–Crippen LogP) is 3.94. The highest BCUT2D eigenvalue weighted by molar-refractivity contribution is 5.97. The van der Waals surface area contributed by atoms with E-state index in [0.29, 0.717) is 43.2 Å². The third-order valence-corrected chi connectivity index (χ3v) is 5.07. The molecule has 0 aliphatic rings. The molecule has 0 radical (unpaired) electrons. The number of benzene rings is 2. The first-order chi connectivity index (χ1) is 15.7. The largest absolute Gasteiger partial charge is 0.478 e. The standard InChI is InChI=1S/C26H35N3O4/c1-19-8-10-21(11-9-19)18-23(27)29-24(28-16-5-17-30)7-4-6-20-12-14-22(15-13-20)33-26(2,3)25(31)32/h8-15,30H,4-7,16-18H2,1-3H3,(H,31,32)(H2,27,28,29). The number of hydrogen-bond donors (Lipinski definition) is 3. The number of aliphatic imine (C=N–C) groups is 2. The van der Waals surface area contributed by atoms with Gasteiger partial charge in [-0.1, -0.05) is 42.0 Å². The number of rotatable bonds is 12. The molecule has 0 aliphatic heterocycles. The van der Waals surface area contributed by atoms with Crippen molar-refractivity contribution in [2.75, 3.05) is 13.2 Å². The third-order valence-electron chi connectivity index (χ3n) is 5.07. The molecule has 0 fully saturated rings. The topological polar surface area (TPSA) is 118 Å². The van der Waals surface area contributed by atoms with Crippen molar-refractivity contribution in [3.05, 3.63) is 65.2 Å². The highest BCUT2D eigenvalue weighted by atomic mass is 16.5.